The Hall–Kier alpha value is -1.32. The van der Waals surface area contributed by atoms with Gasteiger partial charge in [-0.25, -0.2) is 4.98 Å². The molecule has 19 heavy (non-hydrogen) atoms. The van der Waals surface area contributed by atoms with Crippen molar-refractivity contribution in [1.82, 2.24) is 14.9 Å². The second kappa shape index (κ2) is 5.76. The first-order valence-corrected chi connectivity index (χ1v) is 7.20. The molecule has 1 aliphatic rings. The highest BCUT2D eigenvalue weighted by atomic mass is 35.5. The Morgan fingerprint density at radius 2 is 2.16 bits per heavy atom. The van der Waals surface area contributed by atoms with E-state index in [1.165, 1.54) is 24.9 Å². The van der Waals surface area contributed by atoms with Gasteiger partial charge in [0.05, 0.1) is 18.2 Å². The maximum Gasteiger partial charge on any atom is 0.0950 e. The smallest absolute Gasteiger partial charge is 0.0950 e. The lowest BCUT2D eigenvalue weighted by molar-refractivity contribution is 0.507. The van der Waals surface area contributed by atoms with Crippen LogP contribution < -0.4 is 5.32 Å². The largest absolute Gasteiger partial charge is 0.331 e. The zero-order valence-corrected chi connectivity index (χ0v) is 11.6. The highest BCUT2D eigenvalue weighted by Crippen LogP contribution is 2.22. The second-order valence-electron chi connectivity index (χ2n) is 5.06. The van der Waals surface area contributed by atoms with Crippen LogP contribution in [0.5, 0.6) is 0 Å². The molecule has 0 bridgehead atoms. The Kier molecular flexibility index (Phi) is 3.85. The third kappa shape index (κ3) is 2.99. The highest BCUT2D eigenvalue weighted by molar-refractivity contribution is 6.30. The lowest BCUT2D eigenvalue weighted by Gasteiger charge is -2.12. The molecule has 2 aromatic rings. The summed E-state index contributed by atoms with van der Waals surface area (Å²) in [5.74, 6) is 0. The number of imidazole rings is 1. The van der Waals surface area contributed by atoms with Crippen LogP contribution in [0.25, 0.3) is 11.3 Å². The molecule has 1 unspecified atom stereocenters. The molecule has 0 amide bonds. The van der Waals surface area contributed by atoms with Gasteiger partial charge in [0.1, 0.15) is 0 Å². The van der Waals surface area contributed by atoms with Crippen LogP contribution in [-0.4, -0.2) is 22.1 Å². The number of aromatic nitrogens is 2. The third-order valence-electron chi connectivity index (χ3n) is 3.73. The molecule has 1 N–H and O–H groups in total. The number of nitrogens with one attached hydrogen (secondary N) is 1. The van der Waals surface area contributed by atoms with Crippen molar-refractivity contribution in [1.29, 1.82) is 0 Å². The molecule has 1 atom stereocenters. The van der Waals surface area contributed by atoms with Gasteiger partial charge in [-0.1, -0.05) is 23.7 Å². The monoisotopic (exact) mass is 275 g/mol. The maximum absolute atomic E-state index is 5.93. The molecular weight excluding hydrogens is 258 g/mol. The van der Waals surface area contributed by atoms with Crippen molar-refractivity contribution >= 4 is 11.6 Å². The number of rotatable bonds is 4. The van der Waals surface area contributed by atoms with Gasteiger partial charge in [0, 0.05) is 17.6 Å². The van der Waals surface area contributed by atoms with E-state index in [2.05, 4.69) is 14.9 Å². The Balaban J connectivity index is 1.72. The van der Waals surface area contributed by atoms with Crippen LogP contribution in [0, 0.1) is 0 Å². The average molecular weight is 276 g/mol. The quantitative estimate of drug-likeness (QED) is 0.927. The predicted molar refractivity (Wildman–Crippen MR) is 78.3 cm³/mol. The van der Waals surface area contributed by atoms with Crippen molar-refractivity contribution in [3.05, 3.63) is 41.8 Å². The summed E-state index contributed by atoms with van der Waals surface area (Å²) < 4.78 is 2.23. The van der Waals surface area contributed by atoms with E-state index in [1.807, 2.05) is 36.8 Å². The summed E-state index contributed by atoms with van der Waals surface area (Å²) in [6.07, 6.45) is 7.60. The minimum Gasteiger partial charge on any atom is -0.331 e. The summed E-state index contributed by atoms with van der Waals surface area (Å²) in [5.41, 5.74) is 2.33. The molecule has 1 aromatic carbocycles. The summed E-state index contributed by atoms with van der Waals surface area (Å²) in [7, 11) is 0. The molecular formula is C15H18ClN3. The summed E-state index contributed by atoms with van der Waals surface area (Å²) in [6.45, 7) is 2.17. The Morgan fingerprint density at radius 1 is 1.32 bits per heavy atom. The fourth-order valence-corrected chi connectivity index (χ4v) is 2.78. The first-order chi connectivity index (χ1) is 9.33. The van der Waals surface area contributed by atoms with Crippen LogP contribution in [0.2, 0.25) is 5.02 Å². The fraction of sp³-hybridized carbons (Fsp3) is 0.400. The topological polar surface area (TPSA) is 29.9 Å². The standard InChI is InChI=1S/C15H18ClN3/c16-13-5-3-12(4-6-13)15-10-17-11-19(15)9-7-14-2-1-8-18-14/h3-6,10-11,14,18H,1-2,7-9H2. The van der Waals surface area contributed by atoms with Crippen molar-refractivity contribution in [2.75, 3.05) is 6.54 Å². The lowest BCUT2D eigenvalue weighted by Crippen LogP contribution is -2.22. The summed E-state index contributed by atoms with van der Waals surface area (Å²) in [4.78, 5) is 4.28. The Morgan fingerprint density at radius 3 is 2.89 bits per heavy atom. The van der Waals surface area contributed by atoms with E-state index in [9.17, 15) is 0 Å². The molecule has 1 aliphatic heterocycles. The minimum absolute atomic E-state index is 0.667. The van der Waals surface area contributed by atoms with Crippen LogP contribution in [0.15, 0.2) is 36.8 Å². The van der Waals surface area contributed by atoms with Crippen molar-refractivity contribution in [3.63, 3.8) is 0 Å². The van der Waals surface area contributed by atoms with E-state index >= 15 is 0 Å². The van der Waals surface area contributed by atoms with Crippen LogP contribution >= 0.6 is 11.6 Å². The van der Waals surface area contributed by atoms with Crippen LogP contribution in [0.3, 0.4) is 0 Å². The van der Waals surface area contributed by atoms with Gasteiger partial charge in [0.15, 0.2) is 0 Å². The molecule has 1 saturated heterocycles. The van der Waals surface area contributed by atoms with Gasteiger partial charge in [0.25, 0.3) is 0 Å². The molecule has 3 nitrogen and oxygen atoms in total. The number of benzene rings is 1. The van der Waals surface area contributed by atoms with Gasteiger partial charge in [0.2, 0.25) is 0 Å². The maximum atomic E-state index is 5.93. The van der Waals surface area contributed by atoms with E-state index in [1.54, 1.807) is 0 Å². The number of hydrogen-bond acceptors (Lipinski definition) is 2. The summed E-state index contributed by atoms with van der Waals surface area (Å²) in [5, 5.41) is 4.30. The first-order valence-electron chi connectivity index (χ1n) is 6.82. The molecule has 100 valence electrons. The number of halogens is 1. The van der Waals surface area contributed by atoms with E-state index in [4.69, 9.17) is 11.6 Å². The van der Waals surface area contributed by atoms with Gasteiger partial charge in [-0.15, -0.1) is 0 Å². The van der Waals surface area contributed by atoms with Gasteiger partial charge < -0.3 is 9.88 Å². The van der Waals surface area contributed by atoms with Crippen LogP contribution in [-0.2, 0) is 6.54 Å². The number of aryl methyl sites for hydroxylation is 1. The second-order valence-corrected chi connectivity index (χ2v) is 5.50. The van der Waals surface area contributed by atoms with Crippen molar-refractivity contribution < 1.29 is 0 Å². The summed E-state index contributed by atoms with van der Waals surface area (Å²) >= 11 is 5.93. The van der Waals surface area contributed by atoms with Gasteiger partial charge in [-0.3, -0.25) is 0 Å². The molecule has 0 saturated carbocycles. The van der Waals surface area contributed by atoms with Gasteiger partial charge in [-0.05, 0) is 43.5 Å². The van der Waals surface area contributed by atoms with E-state index < -0.39 is 0 Å². The first kappa shape index (κ1) is 12.7. The van der Waals surface area contributed by atoms with E-state index in [0.29, 0.717) is 6.04 Å². The molecule has 3 rings (SSSR count). The number of nitrogens with zero attached hydrogens (tertiary/aromatic N) is 2. The SMILES string of the molecule is Clc1ccc(-c2cncn2CCC2CCCN2)cc1. The zero-order valence-electron chi connectivity index (χ0n) is 10.8. The molecule has 1 fully saturated rings. The highest BCUT2D eigenvalue weighted by Gasteiger charge is 2.14. The molecule has 2 heterocycles. The van der Waals surface area contributed by atoms with Crippen molar-refractivity contribution in [2.24, 2.45) is 0 Å². The van der Waals surface area contributed by atoms with Crippen LogP contribution in [0.1, 0.15) is 19.3 Å². The van der Waals surface area contributed by atoms with Gasteiger partial charge in [-0.2, -0.15) is 0 Å². The van der Waals surface area contributed by atoms with Crippen molar-refractivity contribution in [2.45, 2.75) is 31.8 Å². The molecule has 0 radical (unpaired) electrons. The summed E-state index contributed by atoms with van der Waals surface area (Å²) in [6, 6.07) is 8.60. The Bertz CT molecular complexity index is 527. The van der Waals surface area contributed by atoms with E-state index in [0.717, 1.165) is 23.7 Å². The Labute approximate surface area is 118 Å². The zero-order chi connectivity index (χ0) is 13.1. The predicted octanol–water partition coefficient (Wildman–Crippen LogP) is 3.35. The molecule has 0 spiro atoms. The fourth-order valence-electron chi connectivity index (χ4n) is 2.66. The third-order valence-corrected chi connectivity index (χ3v) is 3.99. The van der Waals surface area contributed by atoms with E-state index in [-0.39, 0.29) is 0 Å². The average Bonchev–Trinajstić information content (AvgIpc) is 3.08. The molecule has 4 heteroatoms. The molecule has 1 aromatic heterocycles. The number of hydrogen-bond donors (Lipinski definition) is 1. The minimum atomic E-state index is 0.667. The normalized spacial score (nSPS) is 18.9. The lowest BCUT2D eigenvalue weighted by atomic mass is 10.1. The van der Waals surface area contributed by atoms with Crippen LogP contribution in [0.4, 0.5) is 0 Å². The van der Waals surface area contributed by atoms with Gasteiger partial charge >= 0.3 is 0 Å². The van der Waals surface area contributed by atoms with Crippen molar-refractivity contribution in [3.8, 4) is 11.3 Å². The molecule has 0 aliphatic carbocycles.